The molecule has 2 amide bonds. The van der Waals surface area contributed by atoms with Gasteiger partial charge in [-0.3, -0.25) is 4.79 Å². The summed E-state index contributed by atoms with van der Waals surface area (Å²) in [6, 6.07) is 16.2. The lowest BCUT2D eigenvalue weighted by Crippen LogP contribution is -2.49. The molecule has 0 bridgehead atoms. The van der Waals surface area contributed by atoms with Crippen molar-refractivity contribution < 1.29 is 19.4 Å². The van der Waals surface area contributed by atoms with E-state index >= 15 is 0 Å². The highest BCUT2D eigenvalue weighted by Gasteiger charge is 2.25. The van der Waals surface area contributed by atoms with E-state index in [2.05, 4.69) is 16.0 Å². The third-order valence-electron chi connectivity index (χ3n) is 4.63. The SMILES string of the molecule is CC(C)(C)NC(=O)c1ccccc1NC[C@@H](O)[C@H](Cc1ccccc1)NC(=O)OC(C)(C)C. The van der Waals surface area contributed by atoms with Gasteiger partial charge in [0.1, 0.15) is 5.60 Å². The Morgan fingerprint density at radius 3 is 2.15 bits per heavy atom. The molecule has 7 heteroatoms. The average Bonchev–Trinajstić information content (AvgIpc) is 2.70. The lowest BCUT2D eigenvalue weighted by Gasteiger charge is -2.27. The first kappa shape index (κ1) is 26.2. The van der Waals surface area contributed by atoms with Gasteiger partial charge in [-0.25, -0.2) is 4.79 Å². The number of aliphatic hydroxyl groups excluding tert-OH is 1. The fourth-order valence-corrected chi connectivity index (χ4v) is 3.21. The van der Waals surface area contributed by atoms with Crippen LogP contribution in [0, 0.1) is 0 Å². The van der Waals surface area contributed by atoms with Crippen molar-refractivity contribution in [2.24, 2.45) is 0 Å². The normalized spacial score (nSPS) is 13.5. The zero-order valence-electron chi connectivity index (χ0n) is 20.4. The molecular weight excluding hydrogens is 418 g/mol. The number of nitrogens with one attached hydrogen (secondary N) is 3. The monoisotopic (exact) mass is 455 g/mol. The molecule has 180 valence electrons. The Labute approximate surface area is 196 Å². The molecule has 2 rings (SSSR count). The fourth-order valence-electron chi connectivity index (χ4n) is 3.21. The molecule has 0 saturated heterocycles. The lowest BCUT2D eigenvalue weighted by atomic mass is 10.0. The van der Waals surface area contributed by atoms with Crippen molar-refractivity contribution >= 4 is 17.7 Å². The Kier molecular flexibility index (Phi) is 8.88. The van der Waals surface area contributed by atoms with Gasteiger partial charge < -0.3 is 25.8 Å². The van der Waals surface area contributed by atoms with E-state index in [0.717, 1.165) is 5.56 Å². The molecule has 0 aliphatic heterocycles. The largest absolute Gasteiger partial charge is 0.444 e. The van der Waals surface area contributed by atoms with Gasteiger partial charge in [-0.1, -0.05) is 42.5 Å². The molecule has 0 aromatic heterocycles. The van der Waals surface area contributed by atoms with E-state index in [-0.39, 0.29) is 18.0 Å². The molecule has 0 spiro atoms. The van der Waals surface area contributed by atoms with Crippen molar-refractivity contribution in [3.8, 4) is 0 Å². The zero-order valence-corrected chi connectivity index (χ0v) is 20.4. The van der Waals surface area contributed by atoms with Crippen molar-refractivity contribution in [3.63, 3.8) is 0 Å². The van der Waals surface area contributed by atoms with Gasteiger partial charge in [-0.15, -0.1) is 0 Å². The molecule has 0 fully saturated rings. The van der Waals surface area contributed by atoms with E-state index in [1.165, 1.54) is 0 Å². The number of alkyl carbamates (subject to hydrolysis) is 1. The smallest absolute Gasteiger partial charge is 0.407 e. The second kappa shape index (κ2) is 11.2. The number of benzene rings is 2. The van der Waals surface area contributed by atoms with Gasteiger partial charge in [-0.2, -0.15) is 0 Å². The molecule has 0 radical (unpaired) electrons. The van der Waals surface area contributed by atoms with Crippen LogP contribution in [0.4, 0.5) is 10.5 Å². The molecule has 33 heavy (non-hydrogen) atoms. The first-order valence-corrected chi connectivity index (χ1v) is 11.2. The highest BCUT2D eigenvalue weighted by molar-refractivity contribution is 5.99. The van der Waals surface area contributed by atoms with Crippen LogP contribution in [0.5, 0.6) is 0 Å². The molecule has 0 unspecified atom stereocenters. The molecule has 2 aromatic carbocycles. The summed E-state index contributed by atoms with van der Waals surface area (Å²) in [7, 11) is 0. The first-order chi connectivity index (χ1) is 15.3. The van der Waals surface area contributed by atoms with Gasteiger partial charge in [0.25, 0.3) is 5.91 Å². The van der Waals surface area contributed by atoms with Gasteiger partial charge in [0.2, 0.25) is 0 Å². The fraction of sp³-hybridized carbons (Fsp3) is 0.462. The van der Waals surface area contributed by atoms with E-state index < -0.39 is 23.8 Å². The number of hydrogen-bond acceptors (Lipinski definition) is 5. The van der Waals surface area contributed by atoms with Gasteiger partial charge >= 0.3 is 6.09 Å². The van der Waals surface area contributed by atoms with Crippen LogP contribution >= 0.6 is 0 Å². The highest BCUT2D eigenvalue weighted by atomic mass is 16.6. The van der Waals surface area contributed by atoms with Crippen LogP contribution in [0.1, 0.15) is 57.5 Å². The van der Waals surface area contributed by atoms with Crippen LogP contribution in [-0.4, -0.2) is 46.9 Å². The molecule has 0 heterocycles. The van der Waals surface area contributed by atoms with Crippen molar-refractivity contribution in [3.05, 3.63) is 65.7 Å². The minimum Gasteiger partial charge on any atom is -0.444 e. The molecule has 2 aromatic rings. The minimum atomic E-state index is -0.934. The predicted octanol–water partition coefficient (Wildman–Crippen LogP) is 4.12. The molecular formula is C26H37N3O4. The molecule has 2 atom stereocenters. The topological polar surface area (TPSA) is 99.7 Å². The summed E-state index contributed by atoms with van der Waals surface area (Å²) < 4.78 is 5.38. The maximum absolute atomic E-state index is 12.7. The van der Waals surface area contributed by atoms with Crippen LogP contribution in [0.15, 0.2) is 54.6 Å². The second-order valence-electron chi connectivity index (χ2n) is 10.1. The molecule has 0 aliphatic rings. The summed E-state index contributed by atoms with van der Waals surface area (Å²) in [5.41, 5.74) is 1.04. The second-order valence-corrected chi connectivity index (χ2v) is 10.1. The van der Waals surface area contributed by atoms with Gasteiger partial charge in [0, 0.05) is 17.8 Å². The highest BCUT2D eigenvalue weighted by Crippen LogP contribution is 2.17. The van der Waals surface area contributed by atoms with Crippen molar-refractivity contribution in [1.29, 1.82) is 0 Å². The summed E-state index contributed by atoms with van der Waals surface area (Å²) in [6.07, 6.45) is -1.10. The Morgan fingerprint density at radius 2 is 1.55 bits per heavy atom. The quantitative estimate of drug-likeness (QED) is 0.480. The van der Waals surface area contributed by atoms with Crippen LogP contribution < -0.4 is 16.0 Å². The number of hydrogen-bond donors (Lipinski definition) is 4. The summed E-state index contributed by atoms with van der Waals surface area (Å²) in [5.74, 6) is -0.201. The number of para-hydroxylation sites is 1. The summed E-state index contributed by atoms with van der Waals surface area (Å²) in [6.45, 7) is 11.2. The van der Waals surface area contributed by atoms with E-state index in [4.69, 9.17) is 4.74 Å². The van der Waals surface area contributed by atoms with Crippen molar-refractivity contribution in [1.82, 2.24) is 10.6 Å². The third kappa shape index (κ3) is 9.53. The zero-order chi connectivity index (χ0) is 24.6. The standard InChI is InChI=1S/C26H37N3O4/c1-25(2,3)29-23(31)19-14-10-11-15-20(19)27-17-22(30)21(16-18-12-8-7-9-13-18)28-24(32)33-26(4,5)6/h7-15,21-22,27,30H,16-17H2,1-6H3,(H,28,32)(H,29,31)/t21-,22+/m0/s1. The van der Waals surface area contributed by atoms with E-state index in [1.54, 1.807) is 39.0 Å². The summed E-state index contributed by atoms with van der Waals surface area (Å²) in [5, 5.41) is 19.9. The van der Waals surface area contributed by atoms with Crippen molar-refractivity contribution in [2.75, 3.05) is 11.9 Å². The van der Waals surface area contributed by atoms with E-state index in [1.807, 2.05) is 57.2 Å². The number of carbonyl (C=O) groups excluding carboxylic acids is 2. The number of ether oxygens (including phenoxy) is 1. The van der Waals surface area contributed by atoms with Gasteiger partial charge in [-0.05, 0) is 65.7 Å². The Morgan fingerprint density at radius 1 is 0.939 bits per heavy atom. The van der Waals surface area contributed by atoms with Crippen LogP contribution in [-0.2, 0) is 11.2 Å². The number of rotatable bonds is 8. The number of anilines is 1. The molecule has 7 nitrogen and oxygen atoms in total. The van der Waals surface area contributed by atoms with E-state index in [9.17, 15) is 14.7 Å². The van der Waals surface area contributed by atoms with Crippen LogP contribution in [0.3, 0.4) is 0 Å². The Hall–Kier alpha value is -3.06. The third-order valence-corrected chi connectivity index (χ3v) is 4.63. The number of amides is 2. The maximum atomic E-state index is 12.7. The Bertz CT molecular complexity index is 917. The summed E-state index contributed by atoms with van der Waals surface area (Å²) in [4.78, 5) is 25.1. The predicted molar refractivity (Wildman–Crippen MR) is 131 cm³/mol. The van der Waals surface area contributed by atoms with Crippen LogP contribution in [0.25, 0.3) is 0 Å². The maximum Gasteiger partial charge on any atom is 0.407 e. The average molecular weight is 456 g/mol. The molecule has 0 aliphatic carbocycles. The van der Waals surface area contributed by atoms with E-state index in [0.29, 0.717) is 17.7 Å². The minimum absolute atomic E-state index is 0.132. The van der Waals surface area contributed by atoms with Crippen molar-refractivity contribution in [2.45, 2.75) is 71.2 Å². The number of carbonyl (C=O) groups is 2. The van der Waals surface area contributed by atoms with Crippen LogP contribution in [0.2, 0.25) is 0 Å². The molecule has 4 N–H and O–H groups in total. The first-order valence-electron chi connectivity index (χ1n) is 11.2. The Balaban J connectivity index is 2.13. The lowest BCUT2D eigenvalue weighted by molar-refractivity contribution is 0.0433. The number of aliphatic hydroxyl groups is 1. The molecule has 0 saturated carbocycles. The summed E-state index contributed by atoms with van der Waals surface area (Å²) >= 11 is 0. The van der Waals surface area contributed by atoms with Gasteiger partial charge in [0.15, 0.2) is 0 Å². The van der Waals surface area contributed by atoms with Gasteiger partial charge in [0.05, 0.1) is 17.7 Å².